The van der Waals surface area contributed by atoms with E-state index < -0.39 is 67.5 Å². The molecule has 1 rings (SSSR count). The molecule has 0 bridgehead atoms. The molecule has 206 valence electrons. The van der Waals surface area contributed by atoms with Crippen LogP contribution < -0.4 is 27.4 Å². The van der Waals surface area contributed by atoms with Crippen LogP contribution in [0.25, 0.3) is 0 Å². The minimum absolute atomic E-state index is 0.103. The van der Waals surface area contributed by atoms with Gasteiger partial charge < -0.3 is 37.3 Å². The minimum Gasteiger partial charge on any atom is -0.463 e. The highest BCUT2D eigenvalue weighted by molar-refractivity contribution is 5.94. The number of unbranched alkanes of at least 4 members (excludes halogenated alkanes) is 4. The summed E-state index contributed by atoms with van der Waals surface area (Å²) in [6, 6.07) is 4.94. The summed E-state index contributed by atoms with van der Waals surface area (Å²) in [5, 5.41) is 16.5. The monoisotopic (exact) mass is 521 g/mol. The third-order valence-electron chi connectivity index (χ3n) is 5.49. The van der Waals surface area contributed by atoms with E-state index in [-0.39, 0.29) is 12.8 Å². The molecule has 0 aliphatic rings. The van der Waals surface area contributed by atoms with Gasteiger partial charge in [-0.05, 0) is 12.0 Å². The fraction of sp³-hybridized carbons (Fsp3) is 0.560. The highest BCUT2D eigenvalue weighted by Gasteiger charge is 2.30. The minimum atomic E-state index is -1.42. The summed E-state index contributed by atoms with van der Waals surface area (Å²) >= 11 is 0. The van der Waals surface area contributed by atoms with Crippen LogP contribution in [0, 0.1) is 0 Å². The topological polar surface area (TPSA) is 203 Å². The van der Waals surface area contributed by atoms with Crippen LogP contribution >= 0.6 is 0 Å². The van der Waals surface area contributed by atoms with E-state index in [2.05, 4.69) is 22.9 Å². The molecule has 37 heavy (non-hydrogen) atoms. The van der Waals surface area contributed by atoms with Crippen LogP contribution in [0.15, 0.2) is 30.3 Å². The molecule has 0 spiro atoms. The molecular formula is C25H39N5O7. The fourth-order valence-electron chi connectivity index (χ4n) is 3.37. The molecule has 3 atom stereocenters. The number of amides is 4. The van der Waals surface area contributed by atoms with Crippen molar-refractivity contribution in [1.29, 1.82) is 0 Å². The average Bonchev–Trinajstić information content (AvgIpc) is 2.89. The van der Waals surface area contributed by atoms with Crippen molar-refractivity contribution >= 4 is 29.6 Å². The van der Waals surface area contributed by atoms with Gasteiger partial charge in [-0.1, -0.05) is 62.9 Å². The predicted molar refractivity (Wildman–Crippen MR) is 136 cm³/mol. The maximum absolute atomic E-state index is 13.0. The van der Waals surface area contributed by atoms with Gasteiger partial charge >= 0.3 is 5.97 Å². The summed E-state index contributed by atoms with van der Waals surface area (Å²) in [4.78, 5) is 61.4. The lowest BCUT2D eigenvalue weighted by Gasteiger charge is -2.24. The highest BCUT2D eigenvalue weighted by Crippen LogP contribution is 2.07. The number of nitrogens with one attached hydrogen (secondary N) is 3. The maximum Gasteiger partial charge on any atom is 0.305 e. The molecule has 0 fully saturated rings. The van der Waals surface area contributed by atoms with E-state index in [1.165, 1.54) is 0 Å². The quantitative estimate of drug-likeness (QED) is 0.104. The van der Waals surface area contributed by atoms with Crippen molar-refractivity contribution in [3.63, 3.8) is 0 Å². The van der Waals surface area contributed by atoms with Gasteiger partial charge in [-0.15, -0.1) is 0 Å². The normalized spacial score (nSPS) is 13.1. The van der Waals surface area contributed by atoms with E-state index in [9.17, 15) is 29.1 Å². The third-order valence-corrected chi connectivity index (χ3v) is 5.49. The zero-order chi connectivity index (χ0) is 27.6. The number of aliphatic hydroxyl groups is 1. The molecule has 0 aromatic heterocycles. The Kier molecular flexibility index (Phi) is 15.2. The van der Waals surface area contributed by atoms with Crippen LogP contribution in [0.4, 0.5) is 0 Å². The van der Waals surface area contributed by atoms with E-state index in [4.69, 9.17) is 16.2 Å². The Morgan fingerprint density at radius 3 is 2.11 bits per heavy atom. The zero-order valence-electron chi connectivity index (χ0n) is 21.2. The summed E-state index contributed by atoms with van der Waals surface area (Å²) in [5.74, 6) is -3.77. The molecular weight excluding hydrogens is 482 g/mol. The lowest BCUT2D eigenvalue weighted by Crippen LogP contribution is -2.59. The second-order valence-corrected chi connectivity index (χ2v) is 8.57. The molecule has 0 saturated carbocycles. The van der Waals surface area contributed by atoms with Crippen molar-refractivity contribution < 1.29 is 33.8 Å². The SMILES string of the molecule is CCCCCCCC(=O)OC[C@H](NC(=O)[C@H](CO)NC(=O)CN)C(=O)N[C@@H](Cc1ccccc1)C(N)=O. The van der Waals surface area contributed by atoms with Crippen LogP contribution in [0.2, 0.25) is 0 Å². The Morgan fingerprint density at radius 1 is 0.892 bits per heavy atom. The molecule has 0 heterocycles. The summed E-state index contributed by atoms with van der Waals surface area (Å²) in [6.07, 6.45) is 4.88. The van der Waals surface area contributed by atoms with Gasteiger partial charge in [0.15, 0.2) is 0 Å². The molecule has 0 aliphatic heterocycles. The van der Waals surface area contributed by atoms with Gasteiger partial charge in [-0.3, -0.25) is 24.0 Å². The van der Waals surface area contributed by atoms with Crippen LogP contribution in [0.3, 0.4) is 0 Å². The molecule has 0 radical (unpaired) electrons. The molecule has 0 unspecified atom stereocenters. The maximum atomic E-state index is 13.0. The number of carbonyl (C=O) groups is 5. The van der Waals surface area contributed by atoms with E-state index >= 15 is 0 Å². The number of aliphatic hydroxyl groups excluding tert-OH is 1. The third kappa shape index (κ3) is 12.8. The Hall–Kier alpha value is -3.51. The molecule has 12 heteroatoms. The van der Waals surface area contributed by atoms with Gasteiger partial charge in [0, 0.05) is 12.8 Å². The number of ether oxygens (including phenoxy) is 1. The highest BCUT2D eigenvalue weighted by atomic mass is 16.5. The molecule has 1 aromatic rings. The van der Waals surface area contributed by atoms with Gasteiger partial charge in [0.25, 0.3) is 0 Å². The second-order valence-electron chi connectivity index (χ2n) is 8.57. The van der Waals surface area contributed by atoms with E-state index in [1.807, 2.05) is 0 Å². The lowest BCUT2D eigenvalue weighted by molar-refractivity contribution is -0.147. The van der Waals surface area contributed by atoms with Crippen LogP contribution in [-0.2, 0) is 35.1 Å². The fourth-order valence-corrected chi connectivity index (χ4v) is 3.37. The summed E-state index contributed by atoms with van der Waals surface area (Å²) in [6.45, 7) is 0.384. The molecule has 1 aromatic carbocycles. The van der Waals surface area contributed by atoms with Crippen LogP contribution in [0.1, 0.15) is 51.0 Å². The van der Waals surface area contributed by atoms with Crippen LogP contribution in [0.5, 0.6) is 0 Å². The van der Waals surface area contributed by atoms with Crippen molar-refractivity contribution in [2.45, 2.75) is 70.0 Å². The molecule has 4 amide bonds. The molecule has 0 saturated heterocycles. The van der Waals surface area contributed by atoms with Gasteiger partial charge in [0.2, 0.25) is 23.6 Å². The van der Waals surface area contributed by atoms with Crippen molar-refractivity contribution in [3.8, 4) is 0 Å². The van der Waals surface area contributed by atoms with Crippen molar-refractivity contribution in [2.75, 3.05) is 19.8 Å². The number of hydrogen-bond donors (Lipinski definition) is 6. The van der Waals surface area contributed by atoms with Gasteiger partial charge in [-0.2, -0.15) is 0 Å². The smallest absolute Gasteiger partial charge is 0.305 e. The average molecular weight is 522 g/mol. The van der Waals surface area contributed by atoms with Crippen molar-refractivity contribution in [3.05, 3.63) is 35.9 Å². The number of carbonyl (C=O) groups excluding carboxylic acids is 5. The Balaban J connectivity index is 2.89. The standard InChI is InChI=1S/C25H39N5O7/c1-2-3-4-5-9-12-22(33)37-16-20(30-24(35)19(15-31)28-21(32)14-26)25(36)29-18(23(27)34)13-17-10-7-6-8-11-17/h6-8,10-11,18-20,31H,2-5,9,12-16,26H2,1H3,(H2,27,34)(H,28,32)(H,29,36)(H,30,35)/t18-,19-,20-/m0/s1. The molecule has 12 nitrogen and oxygen atoms in total. The number of rotatable bonds is 18. The molecule has 8 N–H and O–H groups in total. The summed E-state index contributed by atoms with van der Waals surface area (Å²) in [5.41, 5.74) is 11.4. The first kappa shape index (κ1) is 31.5. The van der Waals surface area contributed by atoms with Crippen molar-refractivity contribution in [2.24, 2.45) is 11.5 Å². The first-order valence-electron chi connectivity index (χ1n) is 12.4. The number of benzene rings is 1. The Bertz CT molecular complexity index is 881. The predicted octanol–water partition coefficient (Wildman–Crippen LogP) is -0.976. The summed E-state index contributed by atoms with van der Waals surface area (Å²) < 4.78 is 5.21. The molecule has 0 aliphatic carbocycles. The second kappa shape index (κ2) is 17.8. The van der Waals surface area contributed by atoms with E-state index in [1.54, 1.807) is 30.3 Å². The first-order valence-corrected chi connectivity index (χ1v) is 12.4. The largest absolute Gasteiger partial charge is 0.463 e. The Labute approximate surface area is 216 Å². The van der Waals surface area contributed by atoms with Crippen molar-refractivity contribution in [1.82, 2.24) is 16.0 Å². The number of hydrogen-bond acceptors (Lipinski definition) is 8. The van der Waals surface area contributed by atoms with Crippen LogP contribution in [-0.4, -0.2) is 72.6 Å². The number of nitrogens with two attached hydrogens (primary N) is 2. The zero-order valence-corrected chi connectivity index (χ0v) is 21.2. The van der Waals surface area contributed by atoms with Gasteiger partial charge in [0.05, 0.1) is 13.2 Å². The van der Waals surface area contributed by atoms with Gasteiger partial charge in [-0.25, -0.2) is 0 Å². The van der Waals surface area contributed by atoms with E-state index in [0.29, 0.717) is 6.42 Å². The lowest BCUT2D eigenvalue weighted by atomic mass is 10.0. The van der Waals surface area contributed by atoms with Gasteiger partial charge in [0.1, 0.15) is 24.7 Å². The Morgan fingerprint density at radius 2 is 1.51 bits per heavy atom. The number of esters is 1. The number of primary amides is 1. The van der Waals surface area contributed by atoms with E-state index in [0.717, 1.165) is 31.2 Å². The first-order chi connectivity index (χ1) is 17.7. The summed E-state index contributed by atoms with van der Waals surface area (Å²) in [7, 11) is 0.